The van der Waals surface area contributed by atoms with Gasteiger partial charge in [-0.15, -0.1) is 4.91 Å². The summed E-state index contributed by atoms with van der Waals surface area (Å²) in [5.74, 6) is 5.00. The van der Waals surface area contributed by atoms with Crippen LogP contribution in [-0.2, 0) is 11.3 Å². The molecule has 0 aromatic heterocycles. The lowest BCUT2D eigenvalue weighted by Crippen LogP contribution is -2.70. The third-order valence-electron chi connectivity index (χ3n) is 5.91. The molecule has 184 valence electrons. The van der Waals surface area contributed by atoms with Crippen molar-refractivity contribution in [1.29, 1.82) is 0 Å². The first-order chi connectivity index (χ1) is 16.8. The predicted octanol–water partition coefficient (Wildman–Crippen LogP) is 3.39. The number of nitrogens with two attached hydrogens (primary N) is 1. The number of hydrazine groups is 1. The van der Waals surface area contributed by atoms with Gasteiger partial charge >= 0.3 is 12.1 Å². The van der Waals surface area contributed by atoms with Crippen molar-refractivity contribution in [1.82, 2.24) is 14.8 Å². The zero-order valence-corrected chi connectivity index (χ0v) is 19.6. The van der Waals surface area contributed by atoms with E-state index in [-0.39, 0.29) is 19.2 Å². The van der Waals surface area contributed by atoms with Gasteiger partial charge < -0.3 is 10.1 Å². The minimum Gasteiger partial charge on any atom is -0.490 e. The molecule has 2 aromatic rings. The van der Waals surface area contributed by atoms with Crippen molar-refractivity contribution in [2.24, 2.45) is 16.9 Å². The standard InChI is InChI=1S/C24H28N6O5/c1-15-3-5-17(6-4-15)14-28-22(26-18-7-9-19(10-8-18)35-20-11-12-20)30(25)24(33)29(23(28)32)13-16(2)21(31)27-34/h3-10,16,20,22,26H,11-14,25H2,1-2H3/t16-,22?/m0/s1. The molecular weight excluding hydrogens is 452 g/mol. The van der Waals surface area contributed by atoms with Crippen LogP contribution in [0.1, 0.15) is 30.9 Å². The first kappa shape index (κ1) is 24.1. The fourth-order valence-corrected chi connectivity index (χ4v) is 3.68. The van der Waals surface area contributed by atoms with Gasteiger partial charge in [0.15, 0.2) is 0 Å². The highest BCUT2D eigenvalue weighted by atomic mass is 16.5. The largest absolute Gasteiger partial charge is 0.490 e. The summed E-state index contributed by atoms with van der Waals surface area (Å²) in [5, 5.41) is 6.44. The van der Waals surface area contributed by atoms with Crippen LogP contribution < -0.4 is 15.9 Å². The maximum absolute atomic E-state index is 13.5. The molecule has 0 spiro atoms. The number of nitroso groups, excluding NO2 is 1. The van der Waals surface area contributed by atoms with Crippen molar-refractivity contribution >= 4 is 23.7 Å². The van der Waals surface area contributed by atoms with Crippen LogP contribution in [0.15, 0.2) is 53.7 Å². The molecule has 1 aliphatic carbocycles. The number of carbonyl (C=O) groups excluding carboxylic acids is 3. The minimum absolute atomic E-state index is 0.144. The van der Waals surface area contributed by atoms with Crippen LogP contribution in [0, 0.1) is 17.7 Å². The molecule has 1 saturated heterocycles. The zero-order valence-electron chi connectivity index (χ0n) is 19.6. The number of nitrogens with zero attached hydrogens (tertiary/aromatic N) is 4. The number of imide groups is 1. The van der Waals surface area contributed by atoms with Crippen LogP contribution in [-0.4, -0.2) is 51.7 Å². The number of anilines is 1. The van der Waals surface area contributed by atoms with Gasteiger partial charge in [-0.25, -0.2) is 25.3 Å². The lowest BCUT2D eigenvalue weighted by atomic mass is 10.1. The van der Waals surface area contributed by atoms with E-state index in [1.165, 1.54) is 11.8 Å². The molecule has 2 fully saturated rings. The number of urea groups is 2. The predicted molar refractivity (Wildman–Crippen MR) is 128 cm³/mol. The summed E-state index contributed by atoms with van der Waals surface area (Å²) in [4.78, 5) is 51.0. The molecule has 1 saturated carbocycles. The number of hydrogen-bond acceptors (Lipinski definition) is 7. The average molecular weight is 481 g/mol. The normalized spacial score (nSPS) is 18.9. The fourth-order valence-electron chi connectivity index (χ4n) is 3.68. The van der Waals surface area contributed by atoms with Crippen LogP contribution in [0.25, 0.3) is 0 Å². The highest BCUT2D eigenvalue weighted by Crippen LogP contribution is 2.28. The number of benzene rings is 2. The van der Waals surface area contributed by atoms with Gasteiger partial charge in [-0.3, -0.25) is 9.69 Å². The molecule has 1 aliphatic heterocycles. The Bertz CT molecular complexity index is 1100. The van der Waals surface area contributed by atoms with E-state index < -0.39 is 30.2 Å². The Labute approximate surface area is 202 Å². The summed E-state index contributed by atoms with van der Waals surface area (Å²) >= 11 is 0. The third-order valence-corrected chi connectivity index (χ3v) is 5.91. The molecule has 1 unspecified atom stereocenters. The lowest BCUT2D eigenvalue weighted by molar-refractivity contribution is -0.121. The van der Waals surface area contributed by atoms with Crippen molar-refractivity contribution in [3.63, 3.8) is 0 Å². The van der Waals surface area contributed by atoms with Crippen molar-refractivity contribution in [2.45, 2.75) is 45.6 Å². The van der Waals surface area contributed by atoms with E-state index in [1.54, 1.807) is 12.1 Å². The van der Waals surface area contributed by atoms with E-state index in [1.807, 2.05) is 43.3 Å². The molecule has 4 rings (SSSR count). The third kappa shape index (κ3) is 5.57. The second-order valence-corrected chi connectivity index (χ2v) is 8.89. The maximum atomic E-state index is 13.5. The van der Waals surface area contributed by atoms with Crippen molar-refractivity contribution in [3.05, 3.63) is 64.6 Å². The number of carbonyl (C=O) groups is 3. The van der Waals surface area contributed by atoms with Gasteiger partial charge in [0.2, 0.25) is 6.29 Å². The number of amides is 5. The monoisotopic (exact) mass is 480 g/mol. The van der Waals surface area contributed by atoms with Gasteiger partial charge in [0.05, 0.1) is 18.6 Å². The maximum Gasteiger partial charge on any atom is 0.345 e. The van der Waals surface area contributed by atoms with Gasteiger partial charge in [0.25, 0.3) is 5.91 Å². The summed E-state index contributed by atoms with van der Waals surface area (Å²) < 4.78 is 5.77. The molecule has 11 heteroatoms. The van der Waals surface area contributed by atoms with Gasteiger partial charge in [-0.2, -0.15) is 0 Å². The van der Waals surface area contributed by atoms with Crippen LogP contribution in [0.2, 0.25) is 0 Å². The van der Waals surface area contributed by atoms with E-state index in [4.69, 9.17) is 10.6 Å². The first-order valence-electron chi connectivity index (χ1n) is 11.4. The van der Waals surface area contributed by atoms with Gasteiger partial charge in [-0.05, 0) is 49.6 Å². The summed E-state index contributed by atoms with van der Waals surface area (Å²) in [6.07, 6.45) is 1.36. The molecule has 2 aliphatic rings. The molecule has 2 aromatic carbocycles. The molecule has 1 heterocycles. The summed E-state index contributed by atoms with van der Waals surface area (Å²) in [6.45, 7) is 3.20. The molecule has 3 N–H and O–H groups in total. The molecule has 11 nitrogen and oxygen atoms in total. The van der Waals surface area contributed by atoms with Gasteiger partial charge in [0, 0.05) is 17.4 Å². The Morgan fingerprint density at radius 2 is 1.77 bits per heavy atom. The van der Waals surface area contributed by atoms with E-state index in [0.29, 0.717) is 5.69 Å². The Balaban J connectivity index is 1.58. The molecule has 2 atom stereocenters. The zero-order chi connectivity index (χ0) is 25.1. The van der Waals surface area contributed by atoms with Crippen LogP contribution >= 0.6 is 0 Å². The Morgan fingerprint density at radius 3 is 2.37 bits per heavy atom. The summed E-state index contributed by atoms with van der Waals surface area (Å²) in [7, 11) is 0. The first-order valence-corrected chi connectivity index (χ1v) is 11.4. The van der Waals surface area contributed by atoms with Crippen LogP contribution in [0.4, 0.5) is 15.3 Å². The lowest BCUT2D eigenvalue weighted by Gasteiger charge is -2.45. The number of hydrogen-bond donors (Lipinski definition) is 2. The molecule has 0 bridgehead atoms. The molecular formula is C24H28N6O5. The number of nitrogens with one attached hydrogen (secondary N) is 1. The van der Waals surface area contributed by atoms with E-state index in [9.17, 15) is 19.3 Å². The quantitative estimate of drug-likeness (QED) is 0.319. The van der Waals surface area contributed by atoms with Crippen molar-refractivity contribution in [2.75, 3.05) is 11.9 Å². The average Bonchev–Trinajstić information content (AvgIpc) is 3.68. The number of ether oxygens (including phenoxy) is 1. The van der Waals surface area contributed by atoms with Gasteiger partial charge in [0.1, 0.15) is 5.75 Å². The topological polar surface area (TPSA) is 138 Å². The SMILES string of the molecule is Cc1ccc(CN2C(=O)N(C[C@H](C)C(=O)N=O)C(=O)N(N)C2Nc2ccc(OC3CC3)cc2)cc1. The molecule has 35 heavy (non-hydrogen) atoms. The molecule has 0 radical (unpaired) electrons. The Hall–Kier alpha value is -3.99. The van der Waals surface area contributed by atoms with E-state index >= 15 is 0 Å². The number of aryl methyl sites for hydroxylation is 1. The fraction of sp³-hybridized carbons (Fsp3) is 0.375. The summed E-state index contributed by atoms with van der Waals surface area (Å²) in [6, 6.07) is 13.4. The van der Waals surface area contributed by atoms with Gasteiger partial charge in [-0.1, -0.05) is 36.8 Å². The Kier molecular flexibility index (Phi) is 6.97. The van der Waals surface area contributed by atoms with E-state index in [0.717, 1.165) is 39.6 Å². The van der Waals surface area contributed by atoms with Crippen molar-refractivity contribution in [3.8, 4) is 5.75 Å². The smallest absolute Gasteiger partial charge is 0.345 e. The number of rotatable bonds is 9. The van der Waals surface area contributed by atoms with Crippen LogP contribution in [0.3, 0.4) is 0 Å². The van der Waals surface area contributed by atoms with Crippen LogP contribution in [0.5, 0.6) is 5.75 Å². The summed E-state index contributed by atoms with van der Waals surface area (Å²) in [5.41, 5.74) is 2.52. The Morgan fingerprint density at radius 1 is 1.11 bits per heavy atom. The highest BCUT2D eigenvalue weighted by Gasteiger charge is 2.44. The highest BCUT2D eigenvalue weighted by molar-refractivity contribution is 5.96. The second kappa shape index (κ2) is 10.1. The second-order valence-electron chi connectivity index (χ2n) is 8.89. The minimum atomic E-state index is -1.00. The van der Waals surface area contributed by atoms with E-state index in [2.05, 4.69) is 10.5 Å². The molecule has 5 amide bonds. The van der Waals surface area contributed by atoms with Crippen molar-refractivity contribution < 1.29 is 19.1 Å².